The Labute approximate surface area is 101 Å². The van der Waals surface area contributed by atoms with Gasteiger partial charge < -0.3 is 25.7 Å². The van der Waals surface area contributed by atoms with Crippen LogP contribution in [0.5, 0.6) is 0 Å². The molecular formula is C9H13N5O4. The summed E-state index contributed by atoms with van der Waals surface area (Å²) in [5.41, 5.74) is 5.59. The van der Waals surface area contributed by atoms with E-state index in [-0.39, 0.29) is 36.9 Å². The lowest BCUT2D eigenvalue weighted by Crippen LogP contribution is -2.28. The van der Waals surface area contributed by atoms with Crippen molar-refractivity contribution in [2.75, 3.05) is 12.3 Å². The molecule has 0 spiro atoms. The van der Waals surface area contributed by atoms with Crippen LogP contribution in [0, 0.1) is 0 Å². The molecule has 0 radical (unpaired) electrons. The van der Waals surface area contributed by atoms with Gasteiger partial charge in [-0.15, -0.1) is 0 Å². The fraction of sp³-hybridized carbons (Fsp3) is 0.444. The number of nitrogens with one attached hydrogen (secondary N) is 1. The molecule has 2 rings (SSSR count). The van der Waals surface area contributed by atoms with Gasteiger partial charge in [-0.25, -0.2) is 4.98 Å². The van der Waals surface area contributed by atoms with Crippen molar-refractivity contribution >= 4 is 17.1 Å². The van der Waals surface area contributed by atoms with Crippen molar-refractivity contribution in [2.45, 2.75) is 19.4 Å². The Hall–Kier alpha value is -1.97. The van der Waals surface area contributed by atoms with E-state index in [9.17, 15) is 9.90 Å². The minimum Gasteiger partial charge on any atom is -0.396 e. The van der Waals surface area contributed by atoms with Crippen molar-refractivity contribution in [1.82, 2.24) is 19.5 Å². The number of imidazole rings is 1. The number of H-pyrrole nitrogens is 1. The van der Waals surface area contributed by atoms with Crippen LogP contribution >= 0.6 is 0 Å². The third-order valence-corrected chi connectivity index (χ3v) is 2.35. The molecule has 0 amide bonds. The molecule has 0 aliphatic carbocycles. The second-order valence-corrected chi connectivity index (χ2v) is 3.57. The van der Waals surface area contributed by atoms with Gasteiger partial charge in [0.25, 0.3) is 5.56 Å². The number of hydrogen-bond acceptors (Lipinski definition) is 7. The topological polar surface area (TPSA) is 139 Å². The third-order valence-electron chi connectivity index (χ3n) is 2.35. The molecule has 1 unspecified atom stereocenters. The van der Waals surface area contributed by atoms with Gasteiger partial charge in [0, 0.05) is 13.0 Å². The molecule has 1 atom stereocenters. The SMILES string of the molecule is Nc1nc2nc[nH]c2c(=O)n1COC(O)CCO. The summed E-state index contributed by atoms with van der Waals surface area (Å²) >= 11 is 0. The van der Waals surface area contributed by atoms with Crippen molar-refractivity contribution in [1.29, 1.82) is 0 Å². The molecule has 0 aliphatic rings. The van der Waals surface area contributed by atoms with Gasteiger partial charge in [-0.3, -0.25) is 9.36 Å². The van der Waals surface area contributed by atoms with E-state index in [1.807, 2.05) is 0 Å². The van der Waals surface area contributed by atoms with Gasteiger partial charge in [0.2, 0.25) is 5.95 Å². The Morgan fingerprint density at radius 3 is 3.11 bits per heavy atom. The summed E-state index contributed by atoms with van der Waals surface area (Å²) in [4.78, 5) is 22.3. The molecule has 2 heterocycles. The molecule has 0 fully saturated rings. The molecule has 0 aliphatic heterocycles. The third kappa shape index (κ3) is 2.32. The maximum Gasteiger partial charge on any atom is 0.282 e. The summed E-state index contributed by atoms with van der Waals surface area (Å²) in [7, 11) is 0. The zero-order valence-electron chi connectivity index (χ0n) is 9.41. The van der Waals surface area contributed by atoms with Crippen molar-refractivity contribution in [3.63, 3.8) is 0 Å². The number of anilines is 1. The molecule has 2 aromatic rings. The lowest BCUT2D eigenvalue weighted by atomic mass is 10.4. The zero-order chi connectivity index (χ0) is 13.1. The maximum atomic E-state index is 11.9. The van der Waals surface area contributed by atoms with Crippen LogP contribution < -0.4 is 11.3 Å². The van der Waals surface area contributed by atoms with Gasteiger partial charge in [-0.05, 0) is 0 Å². The number of nitrogens with two attached hydrogens (primary N) is 1. The summed E-state index contributed by atoms with van der Waals surface area (Å²) in [5.74, 6) is -0.0594. The highest BCUT2D eigenvalue weighted by Gasteiger charge is 2.12. The van der Waals surface area contributed by atoms with E-state index in [0.717, 1.165) is 4.57 Å². The monoisotopic (exact) mass is 255 g/mol. The van der Waals surface area contributed by atoms with Crippen LogP contribution in [0.25, 0.3) is 11.2 Å². The average Bonchev–Trinajstić information content (AvgIpc) is 2.77. The molecule has 5 N–H and O–H groups in total. The van der Waals surface area contributed by atoms with E-state index in [1.165, 1.54) is 6.33 Å². The molecule has 9 heteroatoms. The number of ether oxygens (including phenoxy) is 1. The zero-order valence-corrected chi connectivity index (χ0v) is 9.41. The number of aliphatic hydroxyl groups is 2. The Morgan fingerprint density at radius 1 is 1.61 bits per heavy atom. The lowest BCUT2D eigenvalue weighted by Gasteiger charge is -2.13. The summed E-state index contributed by atoms with van der Waals surface area (Å²) in [6, 6.07) is 0. The minimum atomic E-state index is -1.17. The lowest BCUT2D eigenvalue weighted by molar-refractivity contribution is -0.133. The predicted molar refractivity (Wildman–Crippen MR) is 61.4 cm³/mol. The normalized spacial score (nSPS) is 13.0. The van der Waals surface area contributed by atoms with E-state index >= 15 is 0 Å². The summed E-state index contributed by atoms with van der Waals surface area (Å²) < 4.78 is 6.02. The average molecular weight is 255 g/mol. The first-order valence-corrected chi connectivity index (χ1v) is 5.23. The number of aliphatic hydroxyl groups excluding tert-OH is 2. The highest BCUT2D eigenvalue weighted by Crippen LogP contribution is 2.05. The van der Waals surface area contributed by atoms with Gasteiger partial charge in [-0.2, -0.15) is 4.98 Å². The van der Waals surface area contributed by atoms with Crippen LogP contribution in [0.3, 0.4) is 0 Å². The van der Waals surface area contributed by atoms with Crippen LogP contribution in [0.2, 0.25) is 0 Å². The van der Waals surface area contributed by atoms with Gasteiger partial charge in [0.1, 0.15) is 6.73 Å². The second kappa shape index (κ2) is 5.12. The smallest absolute Gasteiger partial charge is 0.282 e. The molecule has 0 saturated heterocycles. The molecule has 2 aromatic heterocycles. The fourth-order valence-electron chi connectivity index (χ4n) is 1.42. The van der Waals surface area contributed by atoms with Crippen LogP contribution in [-0.4, -0.2) is 42.6 Å². The number of rotatable bonds is 5. The predicted octanol–water partition coefficient (Wildman–Crippen LogP) is -1.62. The van der Waals surface area contributed by atoms with Crippen molar-refractivity contribution in [2.24, 2.45) is 0 Å². The Bertz CT molecular complexity index is 592. The van der Waals surface area contributed by atoms with E-state index < -0.39 is 11.8 Å². The first kappa shape index (κ1) is 12.5. The van der Waals surface area contributed by atoms with Crippen molar-refractivity contribution < 1.29 is 14.9 Å². The minimum absolute atomic E-state index is 0.0500. The van der Waals surface area contributed by atoms with Crippen molar-refractivity contribution in [3.8, 4) is 0 Å². The Balaban J connectivity index is 2.25. The number of aromatic nitrogens is 4. The highest BCUT2D eigenvalue weighted by molar-refractivity contribution is 5.69. The van der Waals surface area contributed by atoms with E-state index in [0.29, 0.717) is 0 Å². The fourth-order valence-corrected chi connectivity index (χ4v) is 1.42. The summed E-state index contributed by atoms with van der Waals surface area (Å²) in [6.45, 7) is -0.475. The van der Waals surface area contributed by atoms with E-state index in [4.69, 9.17) is 15.6 Å². The van der Waals surface area contributed by atoms with E-state index in [2.05, 4.69) is 15.0 Å². The quantitative estimate of drug-likeness (QED) is 0.470. The standard InChI is InChI=1S/C9H13N5O4/c10-9-13-7-6(11-3-12-7)8(17)14(9)4-18-5(16)1-2-15/h3,5,15-16H,1-2,4H2,(H2,10,13)(H,11,12). The highest BCUT2D eigenvalue weighted by atomic mass is 16.6. The largest absolute Gasteiger partial charge is 0.396 e. The first-order chi connectivity index (χ1) is 8.63. The van der Waals surface area contributed by atoms with Gasteiger partial charge >= 0.3 is 0 Å². The van der Waals surface area contributed by atoms with E-state index in [1.54, 1.807) is 0 Å². The molecule has 98 valence electrons. The number of fused-ring (bicyclic) bond motifs is 1. The molecule has 9 nitrogen and oxygen atoms in total. The number of aromatic amines is 1. The molecule has 18 heavy (non-hydrogen) atoms. The first-order valence-electron chi connectivity index (χ1n) is 5.23. The van der Waals surface area contributed by atoms with Gasteiger partial charge in [-0.1, -0.05) is 0 Å². The molecular weight excluding hydrogens is 242 g/mol. The van der Waals surface area contributed by atoms with Crippen LogP contribution in [0.1, 0.15) is 6.42 Å². The molecule has 0 bridgehead atoms. The Kier molecular flexibility index (Phi) is 3.55. The van der Waals surface area contributed by atoms with Crippen molar-refractivity contribution in [3.05, 3.63) is 16.7 Å². The van der Waals surface area contributed by atoms with Crippen LogP contribution in [0.4, 0.5) is 5.95 Å². The number of nitrogen functional groups attached to an aromatic ring is 1. The summed E-state index contributed by atoms with van der Waals surface area (Å²) in [6.07, 6.45) is 0.220. The second-order valence-electron chi connectivity index (χ2n) is 3.57. The van der Waals surface area contributed by atoms with Gasteiger partial charge in [0.05, 0.1) is 6.33 Å². The number of nitrogens with zero attached hydrogens (tertiary/aromatic N) is 3. The number of hydrogen-bond donors (Lipinski definition) is 4. The molecule has 0 saturated carbocycles. The maximum absolute atomic E-state index is 11.9. The van der Waals surface area contributed by atoms with Crippen LogP contribution in [0.15, 0.2) is 11.1 Å². The Morgan fingerprint density at radius 2 is 2.39 bits per heavy atom. The molecule has 0 aromatic carbocycles. The summed E-state index contributed by atoms with van der Waals surface area (Å²) in [5, 5.41) is 17.9. The van der Waals surface area contributed by atoms with Gasteiger partial charge in [0.15, 0.2) is 17.5 Å². The van der Waals surface area contributed by atoms with Crippen LogP contribution in [-0.2, 0) is 11.5 Å².